The minimum Gasteiger partial charge on any atom is -0.468 e. The lowest BCUT2D eigenvalue weighted by molar-refractivity contribution is -0.387. The molecule has 0 amide bonds. The van der Waals surface area contributed by atoms with E-state index in [0.717, 1.165) is 5.56 Å². The molecule has 0 unspecified atom stereocenters. The molecule has 0 saturated heterocycles. The predicted octanol–water partition coefficient (Wildman–Crippen LogP) is 2.37. The maximum absolute atomic E-state index is 11.1. The van der Waals surface area contributed by atoms with Crippen LogP contribution >= 0.6 is 0 Å². The highest BCUT2D eigenvalue weighted by molar-refractivity contribution is 5.49. The highest BCUT2D eigenvalue weighted by Crippen LogP contribution is 2.30. The van der Waals surface area contributed by atoms with Crippen LogP contribution in [0.15, 0.2) is 36.4 Å². The van der Waals surface area contributed by atoms with Crippen LogP contribution in [0.2, 0.25) is 0 Å². The molecular formula is C14H14N2O4. The molecule has 6 heteroatoms. The van der Waals surface area contributed by atoms with E-state index in [2.05, 4.69) is 4.98 Å². The van der Waals surface area contributed by atoms with Gasteiger partial charge >= 0.3 is 5.69 Å². The second-order valence-corrected chi connectivity index (χ2v) is 4.27. The van der Waals surface area contributed by atoms with Crippen LogP contribution in [-0.4, -0.2) is 15.0 Å². The maximum atomic E-state index is 11.1. The van der Waals surface area contributed by atoms with E-state index in [1.165, 1.54) is 6.07 Å². The highest BCUT2D eigenvalue weighted by atomic mass is 16.6. The quantitative estimate of drug-likeness (QED) is 0.668. The van der Waals surface area contributed by atoms with Gasteiger partial charge < -0.3 is 9.84 Å². The molecule has 2 aromatic rings. The molecule has 0 aliphatic heterocycles. The lowest BCUT2D eigenvalue weighted by Gasteiger charge is -2.09. The summed E-state index contributed by atoms with van der Waals surface area (Å²) in [6, 6.07) is 10.8. The molecule has 104 valence electrons. The van der Waals surface area contributed by atoms with E-state index in [1.807, 2.05) is 30.3 Å². The summed E-state index contributed by atoms with van der Waals surface area (Å²) in [5.74, 6) is -0.0668. The first kappa shape index (κ1) is 14.0. The number of nitrogens with zero attached hydrogens (tertiary/aromatic N) is 2. The first-order valence-corrected chi connectivity index (χ1v) is 6.04. The zero-order valence-corrected chi connectivity index (χ0v) is 10.9. The average molecular weight is 274 g/mol. The Morgan fingerprint density at radius 3 is 2.65 bits per heavy atom. The van der Waals surface area contributed by atoms with Crippen molar-refractivity contribution in [2.75, 3.05) is 0 Å². The predicted molar refractivity (Wildman–Crippen MR) is 72.3 cm³/mol. The van der Waals surface area contributed by atoms with Gasteiger partial charge in [0.1, 0.15) is 6.61 Å². The number of aromatic nitrogens is 1. The standard InChI is InChI=1S/C14H14N2O4/c1-10-7-12(8-17)13(16(18)19)14(15-10)20-9-11-5-3-2-4-6-11/h2-7,17H,8-9H2,1H3. The second kappa shape index (κ2) is 6.12. The molecule has 2 rings (SSSR count). The summed E-state index contributed by atoms with van der Waals surface area (Å²) in [7, 11) is 0. The Balaban J connectivity index is 2.30. The van der Waals surface area contributed by atoms with E-state index in [0.29, 0.717) is 5.69 Å². The number of aliphatic hydroxyl groups excluding tert-OH is 1. The average Bonchev–Trinajstić information content (AvgIpc) is 2.45. The van der Waals surface area contributed by atoms with Crippen LogP contribution < -0.4 is 4.74 Å². The maximum Gasteiger partial charge on any atom is 0.336 e. The fraction of sp³-hybridized carbons (Fsp3) is 0.214. The summed E-state index contributed by atoms with van der Waals surface area (Å²) in [5, 5.41) is 20.3. The summed E-state index contributed by atoms with van der Waals surface area (Å²) in [6.07, 6.45) is 0. The number of rotatable bonds is 5. The molecule has 20 heavy (non-hydrogen) atoms. The SMILES string of the molecule is Cc1cc(CO)c([N+](=O)[O-])c(OCc2ccccc2)n1. The van der Waals surface area contributed by atoms with Crippen molar-refractivity contribution in [3.05, 3.63) is 63.3 Å². The molecule has 0 aliphatic carbocycles. The Morgan fingerprint density at radius 2 is 2.05 bits per heavy atom. The monoisotopic (exact) mass is 274 g/mol. The topological polar surface area (TPSA) is 85.5 Å². The first-order valence-electron chi connectivity index (χ1n) is 6.04. The number of hydrogen-bond acceptors (Lipinski definition) is 5. The van der Waals surface area contributed by atoms with Crippen molar-refractivity contribution < 1.29 is 14.8 Å². The van der Waals surface area contributed by atoms with Gasteiger partial charge in [-0.25, -0.2) is 4.98 Å². The molecule has 1 heterocycles. The third kappa shape index (κ3) is 3.10. The van der Waals surface area contributed by atoms with E-state index in [-0.39, 0.29) is 23.7 Å². The zero-order valence-electron chi connectivity index (χ0n) is 10.9. The van der Waals surface area contributed by atoms with Gasteiger partial charge in [0.05, 0.1) is 17.1 Å². The molecular weight excluding hydrogens is 260 g/mol. The van der Waals surface area contributed by atoms with Crippen LogP contribution in [0.25, 0.3) is 0 Å². The van der Waals surface area contributed by atoms with E-state index in [9.17, 15) is 15.2 Å². The number of aryl methyl sites for hydroxylation is 1. The Morgan fingerprint density at radius 1 is 1.35 bits per heavy atom. The molecule has 0 radical (unpaired) electrons. The van der Waals surface area contributed by atoms with E-state index in [4.69, 9.17) is 4.74 Å². The van der Waals surface area contributed by atoms with Crippen LogP contribution in [0.5, 0.6) is 5.88 Å². The Kier molecular flexibility index (Phi) is 4.27. The molecule has 1 aromatic heterocycles. The Labute approximate surface area is 115 Å². The van der Waals surface area contributed by atoms with Crippen molar-refractivity contribution >= 4 is 5.69 Å². The number of hydrogen-bond donors (Lipinski definition) is 1. The van der Waals surface area contributed by atoms with Crippen molar-refractivity contribution in [2.24, 2.45) is 0 Å². The summed E-state index contributed by atoms with van der Waals surface area (Å²) in [5.41, 5.74) is 1.36. The van der Waals surface area contributed by atoms with Crippen molar-refractivity contribution in [1.29, 1.82) is 0 Å². The van der Waals surface area contributed by atoms with E-state index >= 15 is 0 Å². The lowest BCUT2D eigenvalue weighted by Crippen LogP contribution is -2.05. The molecule has 0 fully saturated rings. The smallest absolute Gasteiger partial charge is 0.336 e. The molecule has 0 bridgehead atoms. The summed E-state index contributed by atoms with van der Waals surface area (Å²) in [6.45, 7) is 1.45. The van der Waals surface area contributed by atoms with Gasteiger partial charge in [-0.05, 0) is 18.6 Å². The molecule has 0 spiro atoms. The molecule has 0 saturated carbocycles. The van der Waals surface area contributed by atoms with Gasteiger partial charge in [0.25, 0.3) is 5.88 Å². The number of nitro groups is 1. The molecule has 0 aliphatic rings. The van der Waals surface area contributed by atoms with Gasteiger partial charge in [0.15, 0.2) is 0 Å². The summed E-state index contributed by atoms with van der Waals surface area (Å²) < 4.78 is 5.44. The van der Waals surface area contributed by atoms with Gasteiger partial charge in [0, 0.05) is 5.69 Å². The fourth-order valence-corrected chi connectivity index (χ4v) is 1.85. The van der Waals surface area contributed by atoms with Gasteiger partial charge in [-0.1, -0.05) is 30.3 Å². The number of aliphatic hydroxyl groups is 1. The first-order chi connectivity index (χ1) is 9.61. The van der Waals surface area contributed by atoms with Crippen molar-refractivity contribution in [3.63, 3.8) is 0 Å². The lowest BCUT2D eigenvalue weighted by atomic mass is 10.2. The number of pyridine rings is 1. The molecule has 0 atom stereocenters. The molecule has 1 aromatic carbocycles. The molecule has 1 N–H and O–H groups in total. The normalized spacial score (nSPS) is 10.3. The minimum atomic E-state index is -0.585. The number of benzene rings is 1. The van der Waals surface area contributed by atoms with Crippen molar-refractivity contribution in [3.8, 4) is 5.88 Å². The van der Waals surface area contributed by atoms with Crippen LogP contribution in [0.3, 0.4) is 0 Å². The van der Waals surface area contributed by atoms with Crippen LogP contribution in [0.1, 0.15) is 16.8 Å². The summed E-state index contributed by atoms with van der Waals surface area (Å²) >= 11 is 0. The van der Waals surface area contributed by atoms with Gasteiger partial charge in [-0.2, -0.15) is 0 Å². The van der Waals surface area contributed by atoms with Crippen LogP contribution in [0, 0.1) is 17.0 Å². The van der Waals surface area contributed by atoms with E-state index < -0.39 is 11.5 Å². The van der Waals surface area contributed by atoms with E-state index in [1.54, 1.807) is 6.92 Å². The molecule has 6 nitrogen and oxygen atoms in total. The third-order valence-electron chi connectivity index (χ3n) is 2.74. The minimum absolute atomic E-state index is 0.0668. The Bertz CT molecular complexity index is 614. The number of ether oxygens (including phenoxy) is 1. The fourth-order valence-electron chi connectivity index (χ4n) is 1.85. The van der Waals surface area contributed by atoms with Crippen LogP contribution in [0.4, 0.5) is 5.69 Å². The highest BCUT2D eigenvalue weighted by Gasteiger charge is 2.23. The van der Waals surface area contributed by atoms with Gasteiger partial charge in [0.2, 0.25) is 0 Å². The van der Waals surface area contributed by atoms with Crippen LogP contribution in [-0.2, 0) is 13.2 Å². The summed E-state index contributed by atoms with van der Waals surface area (Å²) in [4.78, 5) is 14.6. The van der Waals surface area contributed by atoms with Crippen molar-refractivity contribution in [2.45, 2.75) is 20.1 Å². The largest absolute Gasteiger partial charge is 0.468 e. The van der Waals surface area contributed by atoms with Crippen molar-refractivity contribution in [1.82, 2.24) is 4.98 Å². The Hall–Kier alpha value is -2.47. The second-order valence-electron chi connectivity index (χ2n) is 4.27. The van der Waals surface area contributed by atoms with Gasteiger partial charge in [-0.3, -0.25) is 10.1 Å². The zero-order chi connectivity index (χ0) is 14.5. The third-order valence-corrected chi connectivity index (χ3v) is 2.74. The van der Waals surface area contributed by atoms with Gasteiger partial charge in [-0.15, -0.1) is 0 Å².